The van der Waals surface area contributed by atoms with Crippen molar-refractivity contribution in [2.45, 2.75) is 40.5 Å². The summed E-state index contributed by atoms with van der Waals surface area (Å²) in [6, 6.07) is 4.20. The number of pyridine rings is 1. The van der Waals surface area contributed by atoms with E-state index in [1.54, 1.807) is 0 Å². The zero-order valence-corrected chi connectivity index (χ0v) is 14.2. The molecule has 1 rings (SSSR count). The first-order valence-corrected chi connectivity index (χ1v) is 8.07. The van der Waals surface area contributed by atoms with Crippen molar-refractivity contribution in [1.29, 1.82) is 0 Å². The smallest absolute Gasteiger partial charge is 0.0413 e. The van der Waals surface area contributed by atoms with Crippen LogP contribution in [0.3, 0.4) is 0 Å². The minimum absolute atomic E-state index is 0.674. The van der Waals surface area contributed by atoms with Crippen LogP contribution in [0.1, 0.15) is 39.8 Å². The third-order valence-electron chi connectivity index (χ3n) is 3.08. The minimum Gasteiger partial charge on any atom is -0.316 e. The molecular weight excluding hydrogens is 300 g/mol. The quantitative estimate of drug-likeness (QED) is 0.770. The molecule has 0 aliphatic heterocycles. The van der Waals surface area contributed by atoms with E-state index in [0.29, 0.717) is 11.8 Å². The molecule has 0 radical (unpaired) electrons. The van der Waals surface area contributed by atoms with Crippen LogP contribution in [-0.4, -0.2) is 18.1 Å². The normalized spacial score (nSPS) is 13.2. The molecule has 0 saturated carbocycles. The molecule has 0 fully saturated rings. The zero-order chi connectivity index (χ0) is 14.3. The lowest BCUT2D eigenvalue weighted by Gasteiger charge is -2.20. The second-order valence-corrected chi connectivity index (χ2v) is 7.14. The summed E-state index contributed by atoms with van der Waals surface area (Å²) >= 11 is 3.43. The van der Waals surface area contributed by atoms with Crippen LogP contribution < -0.4 is 5.32 Å². The molecule has 2 nitrogen and oxygen atoms in total. The highest BCUT2D eigenvalue weighted by atomic mass is 79.9. The van der Waals surface area contributed by atoms with E-state index in [1.165, 1.54) is 12.1 Å². The van der Waals surface area contributed by atoms with Crippen molar-refractivity contribution in [3.63, 3.8) is 0 Å². The van der Waals surface area contributed by atoms with Gasteiger partial charge < -0.3 is 5.32 Å². The molecule has 1 heterocycles. The summed E-state index contributed by atoms with van der Waals surface area (Å²) in [6.45, 7) is 11.3. The van der Waals surface area contributed by atoms with E-state index in [1.807, 2.05) is 6.20 Å². The summed E-state index contributed by atoms with van der Waals surface area (Å²) in [4.78, 5) is 4.49. The average Bonchev–Trinajstić information content (AvgIpc) is 2.30. The van der Waals surface area contributed by atoms with Gasteiger partial charge in [0.05, 0.1) is 0 Å². The highest BCUT2D eigenvalue weighted by Gasteiger charge is 2.12. The minimum atomic E-state index is 0.674. The average molecular weight is 327 g/mol. The van der Waals surface area contributed by atoms with Gasteiger partial charge in [-0.25, -0.2) is 0 Å². The molecule has 1 aromatic rings. The van der Waals surface area contributed by atoms with Gasteiger partial charge in [-0.2, -0.15) is 0 Å². The molecule has 0 aliphatic rings. The van der Waals surface area contributed by atoms with E-state index < -0.39 is 0 Å². The Hall–Kier alpha value is -0.410. The van der Waals surface area contributed by atoms with E-state index in [-0.39, 0.29) is 0 Å². The monoisotopic (exact) mass is 326 g/mol. The highest BCUT2D eigenvalue weighted by Crippen LogP contribution is 2.17. The Morgan fingerprint density at radius 1 is 1.11 bits per heavy atom. The first-order chi connectivity index (χ1) is 8.97. The van der Waals surface area contributed by atoms with E-state index >= 15 is 0 Å². The Morgan fingerprint density at radius 2 is 1.84 bits per heavy atom. The Bertz CT molecular complexity index is 346. The van der Waals surface area contributed by atoms with Crippen LogP contribution >= 0.6 is 15.9 Å². The van der Waals surface area contributed by atoms with Crippen LogP contribution in [0, 0.1) is 17.8 Å². The molecule has 3 heteroatoms. The van der Waals surface area contributed by atoms with Gasteiger partial charge in [-0.05, 0) is 71.7 Å². The fourth-order valence-electron chi connectivity index (χ4n) is 2.30. The van der Waals surface area contributed by atoms with Crippen molar-refractivity contribution < 1.29 is 0 Å². The molecule has 1 atom stereocenters. The summed E-state index contributed by atoms with van der Waals surface area (Å²) in [5.41, 5.74) is 1.19. The molecular formula is C16H27BrN2. The van der Waals surface area contributed by atoms with Crippen molar-refractivity contribution >= 4 is 15.9 Å². The Kier molecular flexibility index (Phi) is 7.62. The molecule has 0 aromatic carbocycles. The van der Waals surface area contributed by atoms with Gasteiger partial charge in [0, 0.05) is 16.4 Å². The summed E-state index contributed by atoms with van der Waals surface area (Å²) < 4.78 is 1.05. The van der Waals surface area contributed by atoms with Gasteiger partial charge in [-0.3, -0.25) is 4.98 Å². The fraction of sp³-hybridized carbons (Fsp3) is 0.688. The molecule has 0 bridgehead atoms. The Morgan fingerprint density at radius 3 is 2.37 bits per heavy atom. The second kappa shape index (κ2) is 8.70. The SMILES string of the molecule is CC(C)CNCC(Cc1ccc(Br)cn1)CC(C)C. The number of halogens is 1. The standard InChI is InChI=1S/C16H27BrN2/c1-12(2)7-14(10-18-9-13(3)4)8-16-6-5-15(17)11-19-16/h5-6,11-14,18H,7-10H2,1-4H3. The lowest BCUT2D eigenvalue weighted by molar-refractivity contribution is 0.374. The van der Waals surface area contributed by atoms with Crippen molar-refractivity contribution in [1.82, 2.24) is 10.3 Å². The van der Waals surface area contributed by atoms with E-state index in [0.717, 1.165) is 29.9 Å². The predicted octanol–water partition coefficient (Wildman–Crippen LogP) is 4.29. The third kappa shape index (κ3) is 7.68. The maximum Gasteiger partial charge on any atom is 0.0413 e. The molecule has 19 heavy (non-hydrogen) atoms. The first-order valence-electron chi connectivity index (χ1n) is 7.28. The Labute approximate surface area is 126 Å². The van der Waals surface area contributed by atoms with Gasteiger partial charge in [0.2, 0.25) is 0 Å². The van der Waals surface area contributed by atoms with E-state index in [9.17, 15) is 0 Å². The molecule has 0 spiro atoms. The molecule has 1 N–H and O–H groups in total. The van der Waals surface area contributed by atoms with Crippen LogP contribution in [0.25, 0.3) is 0 Å². The number of nitrogens with zero attached hydrogens (tertiary/aromatic N) is 1. The molecule has 0 aliphatic carbocycles. The van der Waals surface area contributed by atoms with Crippen LogP contribution in [0.5, 0.6) is 0 Å². The molecule has 0 amide bonds. The molecule has 0 saturated heterocycles. The van der Waals surface area contributed by atoms with Crippen molar-refractivity contribution in [3.8, 4) is 0 Å². The largest absolute Gasteiger partial charge is 0.316 e. The Balaban J connectivity index is 2.50. The van der Waals surface area contributed by atoms with Crippen LogP contribution in [0.4, 0.5) is 0 Å². The number of rotatable bonds is 8. The summed E-state index contributed by atoms with van der Waals surface area (Å²) in [6.07, 6.45) is 4.21. The predicted molar refractivity (Wildman–Crippen MR) is 86.3 cm³/mol. The number of aromatic nitrogens is 1. The summed E-state index contributed by atoms with van der Waals surface area (Å²) in [7, 11) is 0. The van der Waals surface area contributed by atoms with Gasteiger partial charge in [0.1, 0.15) is 0 Å². The van der Waals surface area contributed by atoms with Gasteiger partial charge in [0.15, 0.2) is 0 Å². The van der Waals surface area contributed by atoms with Gasteiger partial charge in [0.25, 0.3) is 0 Å². The van der Waals surface area contributed by atoms with Crippen molar-refractivity contribution in [3.05, 3.63) is 28.5 Å². The van der Waals surface area contributed by atoms with Crippen LogP contribution in [-0.2, 0) is 6.42 Å². The molecule has 1 aromatic heterocycles. The third-order valence-corrected chi connectivity index (χ3v) is 3.55. The second-order valence-electron chi connectivity index (χ2n) is 6.22. The maximum atomic E-state index is 4.49. The van der Waals surface area contributed by atoms with Crippen molar-refractivity contribution in [2.24, 2.45) is 17.8 Å². The fourth-order valence-corrected chi connectivity index (χ4v) is 2.54. The van der Waals surface area contributed by atoms with Gasteiger partial charge in [-0.15, -0.1) is 0 Å². The summed E-state index contributed by atoms with van der Waals surface area (Å²) in [5, 5.41) is 3.58. The topological polar surface area (TPSA) is 24.9 Å². The molecule has 108 valence electrons. The maximum absolute atomic E-state index is 4.49. The zero-order valence-electron chi connectivity index (χ0n) is 12.6. The van der Waals surface area contributed by atoms with Gasteiger partial charge >= 0.3 is 0 Å². The molecule has 1 unspecified atom stereocenters. The summed E-state index contributed by atoms with van der Waals surface area (Å²) in [5.74, 6) is 2.12. The number of nitrogens with one attached hydrogen (secondary N) is 1. The van der Waals surface area contributed by atoms with Crippen molar-refractivity contribution in [2.75, 3.05) is 13.1 Å². The number of hydrogen-bond acceptors (Lipinski definition) is 2. The van der Waals surface area contributed by atoms with E-state index in [4.69, 9.17) is 0 Å². The number of hydrogen-bond donors (Lipinski definition) is 1. The first kappa shape index (κ1) is 16.6. The van der Waals surface area contributed by atoms with Crippen LogP contribution in [0.15, 0.2) is 22.8 Å². The highest BCUT2D eigenvalue weighted by molar-refractivity contribution is 9.10. The lowest BCUT2D eigenvalue weighted by Crippen LogP contribution is -2.28. The lowest BCUT2D eigenvalue weighted by atomic mass is 9.92. The van der Waals surface area contributed by atoms with E-state index in [2.05, 4.69) is 66.1 Å². The van der Waals surface area contributed by atoms with Gasteiger partial charge in [-0.1, -0.05) is 27.7 Å². The van der Waals surface area contributed by atoms with Crippen LogP contribution in [0.2, 0.25) is 0 Å².